The first-order valence-corrected chi connectivity index (χ1v) is 8.82. The molecule has 0 atom stereocenters. The van der Waals surface area contributed by atoms with E-state index < -0.39 is 17.6 Å². The van der Waals surface area contributed by atoms with E-state index in [1.165, 1.54) is 31.2 Å². The number of amides is 1. The lowest BCUT2D eigenvalue weighted by atomic mass is 10.1. The minimum Gasteiger partial charge on any atom is -0.497 e. The zero-order valence-electron chi connectivity index (χ0n) is 16.4. The maximum atomic E-state index is 12.7. The van der Waals surface area contributed by atoms with E-state index in [2.05, 4.69) is 15.4 Å². The highest BCUT2D eigenvalue weighted by atomic mass is 19.4. The minimum atomic E-state index is -4.48. The molecule has 0 unspecified atom stereocenters. The SMILES string of the molecule is COc1ccc(OC)c(CNC(=O)c2cnn(-c3ccc(C(F)(F)F)cn3)c2C)c1. The molecule has 1 N–H and O–H groups in total. The van der Waals surface area contributed by atoms with Gasteiger partial charge in [0.15, 0.2) is 5.82 Å². The molecule has 2 aromatic heterocycles. The lowest BCUT2D eigenvalue weighted by Crippen LogP contribution is -2.23. The molecule has 0 fully saturated rings. The summed E-state index contributed by atoms with van der Waals surface area (Å²) in [5, 5.41) is 6.86. The van der Waals surface area contributed by atoms with Crippen molar-refractivity contribution in [1.82, 2.24) is 20.1 Å². The molecule has 10 heteroatoms. The molecule has 3 rings (SSSR count). The predicted octanol–water partition coefficient (Wildman–Crippen LogP) is 3.54. The fourth-order valence-electron chi connectivity index (χ4n) is 2.83. The molecule has 2 heterocycles. The van der Waals surface area contributed by atoms with Gasteiger partial charge in [-0.3, -0.25) is 4.79 Å². The van der Waals surface area contributed by atoms with Crippen LogP contribution in [0.5, 0.6) is 11.5 Å². The van der Waals surface area contributed by atoms with Crippen LogP contribution in [0.1, 0.15) is 27.2 Å². The summed E-state index contributed by atoms with van der Waals surface area (Å²) in [6.07, 6.45) is -2.41. The van der Waals surface area contributed by atoms with Crippen molar-refractivity contribution in [2.45, 2.75) is 19.6 Å². The van der Waals surface area contributed by atoms with Crippen LogP contribution in [-0.4, -0.2) is 34.9 Å². The molecule has 1 amide bonds. The van der Waals surface area contributed by atoms with Crippen molar-refractivity contribution in [3.63, 3.8) is 0 Å². The summed E-state index contributed by atoms with van der Waals surface area (Å²) >= 11 is 0. The van der Waals surface area contributed by atoms with Crippen molar-refractivity contribution >= 4 is 5.91 Å². The number of aromatic nitrogens is 3. The molecule has 0 aliphatic heterocycles. The van der Waals surface area contributed by atoms with Crippen LogP contribution in [0, 0.1) is 6.92 Å². The maximum Gasteiger partial charge on any atom is 0.417 e. The molecule has 1 aromatic carbocycles. The molecule has 7 nitrogen and oxygen atoms in total. The van der Waals surface area contributed by atoms with Gasteiger partial charge in [0, 0.05) is 18.3 Å². The molecule has 0 aliphatic rings. The van der Waals surface area contributed by atoms with Crippen molar-refractivity contribution in [2.75, 3.05) is 14.2 Å². The van der Waals surface area contributed by atoms with Gasteiger partial charge in [-0.15, -0.1) is 0 Å². The van der Waals surface area contributed by atoms with Gasteiger partial charge in [-0.05, 0) is 37.3 Å². The number of carbonyl (C=O) groups is 1. The fourth-order valence-corrected chi connectivity index (χ4v) is 2.83. The monoisotopic (exact) mass is 420 g/mol. The van der Waals surface area contributed by atoms with E-state index in [-0.39, 0.29) is 17.9 Å². The minimum absolute atomic E-state index is 0.175. The number of hydrogen-bond acceptors (Lipinski definition) is 5. The van der Waals surface area contributed by atoms with Gasteiger partial charge in [-0.25, -0.2) is 9.67 Å². The van der Waals surface area contributed by atoms with E-state index >= 15 is 0 Å². The number of carbonyl (C=O) groups excluding carboxylic acids is 1. The van der Waals surface area contributed by atoms with Gasteiger partial charge >= 0.3 is 6.18 Å². The number of hydrogen-bond donors (Lipinski definition) is 1. The standard InChI is InChI=1S/C20H19F3N4O3/c1-12-16(11-26-27(12)18-7-4-14(10-24-18)20(21,22)23)19(28)25-9-13-8-15(29-2)5-6-17(13)30-3/h4-8,10-11H,9H2,1-3H3,(H,25,28). The van der Waals surface area contributed by atoms with Gasteiger partial charge in [-0.2, -0.15) is 18.3 Å². The molecule has 3 aromatic rings. The number of pyridine rings is 1. The van der Waals surface area contributed by atoms with Crippen molar-refractivity contribution in [3.05, 3.63) is 65.1 Å². The summed E-state index contributed by atoms with van der Waals surface area (Å²) in [5.74, 6) is 0.999. The quantitative estimate of drug-likeness (QED) is 0.660. The molecule has 158 valence electrons. The van der Waals surface area contributed by atoms with E-state index in [1.807, 2.05) is 0 Å². The van der Waals surface area contributed by atoms with E-state index in [4.69, 9.17) is 9.47 Å². The normalized spacial score (nSPS) is 11.3. The highest BCUT2D eigenvalue weighted by Gasteiger charge is 2.30. The highest BCUT2D eigenvalue weighted by molar-refractivity contribution is 5.95. The van der Waals surface area contributed by atoms with Crippen LogP contribution in [0.15, 0.2) is 42.7 Å². The zero-order chi connectivity index (χ0) is 21.9. The predicted molar refractivity (Wildman–Crippen MR) is 102 cm³/mol. The van der Waals surface area contributed by atoms with Crippen LogP contribution in [0.2, 0.25) is 0 Å². The smallest absolute Gasteiger partial charge is 0.417 e. The third-order valence-corrected chi connectivity index (χ3v) is 4.47. The number of alkyl halides is 3. The van der Waals surface area contributed by atoms with Crippen molar-refractivity contribution in [1.29, 1.82) is 0 Å². The Morgan fingerprint density at radius 2 is 1.90 bits per heavy atom. The fraction of sp³-hybridized carbons (Fsp3) is 0.250. The molecular weight excluding hydrogens is 401 g/mol. The van der Waals surface area contributed by atoms with Crippen LogP contribution < -0.4 is 14.8 Å². The van der Waals surface area contributed by atoms with Crippen LogP contribution in [0.25, 0.3) is 5.82 Å². The lowest BCUT2D eigenvalue weighted by Gasteiger charge is -2.11. The zero-order valence-corrected chi connectivity index (χ0v) is 16.4. The maximum absolute atomic E-state index is 12.7. The summed E-state index contributed by atoms with van der Waals surface area (Å²) < 4.78 is 49.9. The first kappa shape index (κ1) is 21.2. The van der Waals surface area contributed by atoms with Crippen LogP contribution in [-0.2, 0) is 12.7 Å². The topological polar surface area (TPSA) is 78.3 Å². The van der Waals surface area contributed by atoms with Crippen molar-refractivity contribution in [3.8, 4) is 17.3 Å². The molecule has 0 radical (unpaired) electrons. The number of benzene rings is 1. The molecule has 0 aliphatic carbocycles. The van der Waals surface area contributed by atoms with E-state index in [1.54, 1.807) is 25.1 Å². The first-order chi connectivity index (χ1) is 14.2. The number of nitrogens with zero attached hydrogens (tertiary/aromatic N) is 3. The number of methoxy groups -OCH3 is 2. The molecule has 0 spiro atoms. The van der Waals surface area contributed by atoms with Gasteiger partial charge in [0.2, 0.25) is 0 Å². The number of nitrogens with one attached hydrogen (secondary N) is 1. The lowest BCUT2D eigenvalue weighted by molar-refractivity contribution is -0.137. The van der Waals surface area contributed by atoms with Gasteiger partial charge in [0.1, 0.15) is 11.5 Å². The summed E-state index contributed by atoms with van der Waals surface area (Å²) in [6.45, 7) is 1.82. The van der Waals surface area contributed by atoms with Gasteiger partial charge in [0.05, 0.1) is 37.2 Å². The Morgan fingerprint density at radius 1 is 1.13 bits per heavy atom. The second-order valence-corrected chi connectivity index (χ2v) is 6.32. The van der Waals surface area contributed by atoms with Crippen molar-refractivity contribution in [2.24, 2.45) is 0 Å². The van der Waals surface area contributed by atoms with E-state index in [0.717, 1.165) is 17.8 Å². The first-order valence-electron chi connectivity index (χ1n) is 8.82. The Bertz CT molecular complexity index is 1050. The Balaban J connectivity index is 1.77. The third-order valence-electron chi connectivity index (χ3n) is 4.47. The largest absolute Gasteiger partial charge is 0.497 e. The van der Waals surface area contributed by atoms with Crippen LogP contribution in [0.3, 0.4) is 0 Å². The summed E-state index contributed by atoms with van der Waals surface area (Å²) in [4.78, 5) is 16.4. The molecule has 0 saturated heterocycles. The Hall–Kier alpha value is -3.56. The summed E-state index contributed by atoms with van der Waals surface area (Å²) in [7, 11) is 3.07. The summed E-state index contributed by atoms with van der Waals surface area (Å²) in [6, 6.07) is 7.35. The molecule has 0 saturated carbocycles. The number of ether oxygens (including phenoxy) is 2. The molecular formula is C20H19F3N4O3. The summed E-state index contributed by atoms with van der Waals surface area (Å²) in [5.41, 5.74) is 0.580. The van der Waals surface area contributed by atoms with E-state index in [0.29, 0.717) is 17.2 Å². The Kier molecular flexibility index (Phi) is 5.95. The van der Waals surface area contributed by atoms with Gasteiger partial charge < -0.3 is 14.8 Å². The third kappa shape index (κ3) is 4.37. The molecule has 0 bridgehead atoms. The Morgan fingerprint density at radius 3 is 2.50 bits per heavy atom. The Labute approximate surface area is 170 Å². The second-order valence-electron chi connectivity index (χ2n) is 6.32. The molecule has 30 heavy (non-hydrogen) atoms. The van der Waals surface area contributed by atoms with Gasteiger partial charge in [-0.1, -0.05) is 0 Å². The van der Waals surface area contributed by atoms with Crippen LogP contribution >= 0.6 is 0 Å². The van der Waals surface area contributed by atoms with Crippen molar-refractivity contribution < 1.29 is 27.4 Å². The van der Waals surface area contributed by atoms with E-state index in [9.17, 15) is 18.0 Å². The van der Waals surface area contributed by atoms with Gasteiger partial charge in [0.25, 0.3) is 5.91 Å². The average molecular weight is 420 g/mol. The second kappa shape index (κ2) is 8.44. The average Bonchev–Trinajstić information content (AvgIpc) is 3.12. The number of halogens is 3. The highest BCUT2D eigenvalue weighted by Crippen LogP contribution is 2.29. The van der Waals surface area contributed by atoms with Crippen LogP contribution in [0.4, 0.5) is 13.2 Å². The number of rotatable bonds is 6.